The summed E-state index contributed by atoms with van der Waals surface area (Å²) in [5.74, 6) is 0.939. The van der Waals surface area contributed by atoms with E-state index in [0.717, 1.165) is 12.0 Å². The van der Waals surface area contributed by atoms with Crippen molar-refractivity contribution in [3.63, 3.8) is 0 Å². The van der Waals surface area contributed by atoms with Crippen molar-refractivity contribution in [1.29, 1.82) is 0 Å². The monoisotopic (exact) mass is 211 g/mol. The summed E-state index contributed by atoms with van der Waals surface area (Å²) in [4.78, 5) is 2.71. The smallest absolute Gasteiger partial charge is 0.0123 e. The van der Waals surface area contributed by atoms with Crippen molar-refractivity contribution in [2.24, 2.45) is 5.92 Å². The second-order valence-electron chi connectivity index (χ2n) is 4.85. The maximum absolute atomic E-state index is 3.47. The molecule has 2 saturated heterocycles. The average Bonchev–Trinajstić information content (AvgIpc) is 2.33. The van der Waals surface area contributed by atoms with Crippen LogP contribution in [0.1, 0.15) is 26.2 Å². The Bertz CT molecular complexity index is 154. The molecule has 2 N–H and O–H groups in total. The van der Waals surface area contributed by atoms with Crippen molar-refractivity contribution < 1.29 is 0 Å². The number of nitrogens with zero attached hydrogens (tertiary/aromatic N) is 1. The van der Waals surface area contributed by atoms with Crippen LogP contribution in [0.15, 0.2) is 0 Å². The molecule has 0 radical (unpaired) electrons. The van der Waals surface area contributed by atoms with Gasteiger partial charge in [0.25, 0.3) is 0 Å². The van der Waals surface area contributed by atoms with Gasteiger partial charge in [0, 0.05) is 32.2 Å². The van der Waals surface area contributed by atoms with Gasteiger partial charge in [0.2, 0.25) is 0 Å². The Labute approximate surface area is 93.6 Å². The summed E-state index contributed by atoms with van der Waals surface area (Å²) in [6, 6.07) is 0.842. The molecule has 2 aliphatic rings. The minimum atomic E-state index is 0.842. The molecule has 0 saturated carbocycles. The van der Waals surface area contributed by atoms with Crippen LogP contribution < -0.4 is 10.6 Å². The van der Waals surface area contributed by atoms with Gasteiger partial charge >= 0.3 is 0 Å². The fourth-order valence-corrected chi connectivity index (χ4v) is 3.13. The maximum Gasteiger partial charge on any atom is 0.0123 e. The molecule has 1 atom stereocenters. The predicted octanol–water partition coefficient (Wildman–Crippen LogP) is 0.670. The lowest BCUT2D eigenvalue weighted by atomic mass is 9.87. The summed E-state index contributed by atoms with van der Waals surface area (Å²) in [5, 5.41) is 6.91. The first kappa shape index (κ1) is 11.4. The fourth-order valence-electron chi connectivity index (χ4n) is 3.13. The van der Waals surface area contributed by atoms with Crippen LogP contribution in [0.3, 0.4) is 0 Å². The number of piperidine rings is 1. The number of hydrogen-bond donors (Lipinski definition) is 2. The molecular weight excluding hydrogens is 186 g/mol. The zero-order valence-electron chi connectivity index (χ0n) is 9.97. The summed E-state index contributed by atoms with van der Waals surface area (Å²) < 4.78 is 0. The van der Waals surface area contributed by atoms with Gasteiger partial charge in [0.05, 0.1) is 0 Å². The van der Waals surface area contributed by atoms with E-state index in [1.54, 1.807) is 0 Å². The number of piperazine rings is 1. The zero-order valence-corrected chi connectivity index (χ0v) is 9.97. The molecule has 3 heteroatoms. The SMILES string of the molecule is CCC(C1CCNCC1)N1CCNCC1. The molecule has 2 fully saturated rings. The largest absolute Gasteiger partial charge is 0.317 e. The third-order valence-electron chi connectivity index (χ3n) is 3.97. The standard InChI is InChI=1S/C12H25N3/c1-2-12(11-3-5-13-6-4-11)15-9-7-14-8-10-15/h11-14H,2-10H2,1H3. The molecular formula is C12H25N3. The second kappa shape index (κ2) is 5.83. The molecule has 2 rings (SSSR count). The van der Waals surface area contributed by atoms with Crippen LogP contribution in [0, 0.1) is 5.92 Å². The molecule has 0 aromatic rings. The van der Waals surface area contributed by atoms with Gasteiger partial charge in [0.1, 0.15) is 0 Å². The van der Waals surface area contributed by atoms with Crippen molar-refractivity contribution in [1.82, 2.24) is 15.5 Å². The Balaban J connectivity index is 1.88. The first-order valence-electron chi connectivity index (χ1n) is 6.57. The van der Waals surface area contributed by atoms with E-state index in [-0.39, 0.29) is 0 Å². The molecule has 2 heterocycles. The lowest BCUT2D eigenvalue weighted by Crippen LogP contribution is -2.52. The summed E-state index contributed by atoms with van der Waals surface area (Å²) in [7, 11) is 0. The van der Waals surface area contributed by atoms with Crippen molar-refractivity contribution in [2.75, 3.05) is 39.3 Å². The molecule has 3 nitrogen and oxygen atoms in total. The van der Waals surface area contributed by atoms with Crippen LogP contribution in [-0.2, 0) is 0 Å². The average molecular weight is 211 g/mol. The van der Waals surface area contributed by atoms with Crippen molar-refractivity contribution in [3.8, 4) is 0 Å². The van der Waals surface area contributed by atoms with Crippen LogP contribution in [0.25, 0.3) is 0 Å². The summed E-state index contributed by atoms with van der Waals surface area (Å²) in [6.45, 7) is 9.68. The number of hydrogen-bond acceptors (Lipinski definition) is 3. The summed E-state index contributed by atoms with van der Waals surface area (Å²) >= 11 is 0. The third kappa shape index (κ3) is 2.92. The Morgan fingerprint density at radius 1 is 1.07 bits per heavy atom. The van der Waals surface area contributed by atoms with E-state index in [2.05, 4.69) is 22.5 Å². The van der Waals surface area contributed by atoms with Gasteiger partial charge < -0.3 is 10.6 Å². The third-order valence-corrected chi connectivity index (χ3v) is 3.97. The van der Waals surface area contributed by atoms with Gasteiger partial charge in [-0.3, -0.25) is 4.90 Å². The van der Waals surface area contributed by atoms with Crippen molar-refractivity contribution in [3.05, 3.63) is 0 Å². The van der Waals surface area contributed by atoms with Gasteiger partial charge in [-0.2, -0.15) is 0 Å². The Hall–Kier alpha value is -0.120. The molecule has 88 valence electrons. The Morgan fingerprint density at radius 3 is 2.27 bits per heavy atom. The van der Waals surface area contributed by atoms with E-state index in [1.165, 1.54) is 58.5 Å². The Morgan fingerprint density at radius 2 is 1.67 bits per heavy atom. The van der Waals surface area contributed by atoms with Gasteiger partial charge in [0.15, 0.2) is 0 Å². The van der Waals surface area contributed by atoms with Gasteiger partial charge in [-0.05, 0) is 38.3 Å². The molecule has 15 heavy (non-hydrogen) atoms. The molecule has 0 spiro atoms. The highest BCUT2D eigenvalue weighted by molar-refractivity contribution is 4.84. The van der Waals surface area contributed by atoms with Crippen LogP contribution >= 0.6 is 0 Å². The summed E-state index contributed by atoms with van der Waals surface area (Å²) in [6.07, 6.45) is 4.08. The van der Waals surface area contributed by atoms with Crippen LogP contribution in [0.4, 0.5) is 0 Å². The van der Waals surface area contributed by atoms with E-state index in [1.807, 2.05) is 0 Å². The van der Waals surface area contributed by atoms with Gasteiger partial charge in [-0.15, -0.1) is 0 Å². The molecule has 1 unspecified atom stereocenters. The highest BCUT2D eigenvalue weighted by atomic mass is 15.2. The van der Waals surface area contributed by atoms with E-state index in [9.17, 15) is 0 Å². The normalized spacial score (nSPS) is 27.8. The van der Waals surface area contributed by atoms with E-state index < -0.39 is 0 Å². The van der Waals surface area contributed by atoms with Crippen LogP contribution in [-0.4, -0.2) is 50.2 Å². The van der Waals surface area contributed by atoms with Crippen LogP contribution in [0.5, 0.6) is 0 Å². The van der Waals surface area contributed by atoms with Crippen LogP contribution in [0.2, 0.25) is 0 Å². The van der Waals surface area contributed by atoms with E-state index in [4.69, 9.17) is 0 Å². The van der Waals surface area contributed by atoms with Gasteiger partial charge in [-0.25, -0.2) is 0 Å². The minimum absolute atomic E-state index is 0.842. The van der Waals surface area contributed by atoms with E-state index >= 15 is 0 Å². The number of nitrogens with one attached hydrogen (secondary N) is 2. The zero-order chi connectivity index (χ0) is 10.5. The maximum atomic E-state index is 3.47. The molecule has 0 aromatic heterocycles. The first-order valence-corrected chi connectivity index (χ1v) is 6.57. The molecule has 0 amide bonds. The highest BCUT2D eigenvalue weighted by Crippen LogP contribution is 2.23. The first-order chi connectivity index (χ1) is 7.42. The highest BCUT2D eigenvalue weighted by Gasteiger charge is 2.27. The topological polar surface area (TPSA) is 27.3 Å². The summed E-state index contributed by atoms with van der Waals surface area (Å²) in [5.41, 5.74) is 0. The van der Waals surface area contributed by atoms with Crippen molar-refractivity contribution >= 4 is 0 Å². The predicted molar refractivity (Wildman–Crippen MR) is 64.1 cm³/mol. The fraction of sp³-hybridized carbons (Fsp3) is 1.00. The number of rotatable bonds is 3. The molecule has 0 bridgehead atoms. The molecule has 0 aliphatic carbocycles. The van der Waals surface area contributed by atoms with E-state index in [0.29, 0.717) is 0 Å². The molecule has 2 aliphatic heterocycles. The van der Waals surface area contributed by atoms with Gasteiger partial charge in [-0.1, -0.05) is 6.92 Å². The Kier molecular flexibility index (Phi) is 4.42. The van der Waals surface area contributed by atoms with Crippen molar-refractivity contribution in [2.45, 2.75) is 32.2 Å². The lowest BCUT2D eigenvalue weighted by Gasteiger charge is -2.40. The lowest BCUT2D eigenvalue weighted by molar-refractivity contribution is 0.104. The second-order valence-corrected chi connectivity index (χ2v) is 4.85. The molecule has 0 aromatic carbocycles. The quantitative estimate of drug-likeness (QED) is 0.718. The minimum Gasteiger partial charge on any atom is -0.317 e.